The maximum Gasteiger partial charge on any atom is 0.321 e. The first-order chi connectivity index (χ1) is 9.22. The molecule has 0 atom stereocenters. The van der Waals surface area contributed by atoms with Crippen LogP contribution < -0.4 is 10.1 Å². The van der Waals surface area contributed by atoms with Crippen LogP contribution in [-0.4, -0.2) is 28.6 Å². The largest absolute Gasteiger partial charge is 0.463 e. The van der Waals surface area contributed by atoms with E-state index >= 15 is 0 Å². The fourth-order valence-electron chi connectivity index (χ4n) is 1.48. The molecule has 5 nitrogen and oxygen atoms in total. The Morgan fingerprint density at radius 2 is 2.11 bits per heavy atom. The average molecular weight is 323 g/mol. The van der Waals surface area contributed by atoms with Crippen molar-refractivity contribution in [1.29, 1.82) is 0 Å². The van der Waals surface area contributed by atoms with Crippen molar-refractivity contribution < 1.29 is 4.74 Å². The Morgan fingerprint density at radius 3 is 2.79 bits per heavy atom. The van der Waals surface area contributed by atoms with Crippen LogP contribution >= 0.6 is 15.9 Å². The van der Waals surface area contributed by atoms with Gasteiger partial charge in [-0.2, -0.15) is 15.0 Å². The summed E-state index contributed by atoms with van der Waals surface area (Å²) in [7, 11) is 1.77. The zero-order valence-corrected chi connectivity index (χ0v) is 12.4. The molecule has 19 heavy (non-hydrogen) atoms. The number of halogens is 1. The van der Waals surface area contributed by atoms with E-state index in [-0.39, 0.29) is 0 Å². The number of nitrogens with zero attached hydrogens (tertiary/aromatic N) is 3. The monoisotopic (exact) mass is 322 g/mol. The summed E-state index contributed by atoms with van der Waals surface area (Å²) in [6.07, 6.45) is 0.910. The highest BCUT2D eigenvalue weighted by molar-refractivity contribution is 9.10. The van der Waals surface area contributed by atoms with Crippen molar-refractivity contribution >= 4 is 21.9 Å². The highest BCUT2D eigenvalue weighted by Gasteiger charge is 2.08. The third kappa shape index (κ3) is 3.64. The van der Waals surface area contributed by atoms with Crippen molar-refractivity contribution in [3.63, 3.8) is 0 Å². The summed E-state index contributed by atoms with van der Waals surface area (Å²) in [5.41, 5.74) is 0.912. The number of hydrogen-bond donors (Lipinski definition) is 1. The normalized spacial score (nSPS) is 10.3. The van der Waals surface area contributed by atoms with E-state index in [0.717, 1.165) is 16.5 Å². The van der Waals surface area contributed by atoms with Gasteiger partial charge in [0.15, 0.2) is 5.82 Å². The van der Waals surface area contributed by atoms with Crippen LogP contribution in [-0.2, 0) is 0 Å². The maximum absolute atomic E-state index is 5.48. The van der Waals surface area contributed by atoms with E-state index in [1.54, 1.807) is 7.05 Å². The lowest BCUT2D eigenvalue weighted by Gasteiger charge is -2.07. The standard InChI is InChI=1S/C13H15BrN4O/c1-3-7-19-13-17-11(16-12(15-2)18-13)9-5-4-6-10(14)8-9/h4-6,8H,3,7H2,1-2H3,(H,15,16,17,18). The number of ether oxygens (including phenoxy) is 1. The second-order valence-corrected chi connectivity index (χ2v) is 4.79. The average Bonchev–Trinajstić information content (AvgIpc) is 2.44. The molecule has 0 radical (unpaired) electrons. The molecule has 0 unspecified atom stereocenters. The molecule has 0 saturated carbocycles. The molecule has 0 amide bonds. The van der Waals surface area contributed by atoms with E-state index in [1.807, 2.05) is 31.2 Å². The maximum atomic E-state index is 5.48. The van der Waals surface area contributed by atoms with Gasteiger partial charge in [-0.05, 0) is 18.6 Å². The Labute approximate surface area is 120 Å². The molecule has 0 aliphatic carbocycles. The van der Waals surface area contributed by atoms with Gasteiger partial charge in [0.2, 0.25) is 5.95 Å². The molecule has 2 rings (SSSR count). The van der Waals surface area contributed by atoms with Crippen LogP contribution in [0.15, 0.2) is 28.7 Å². The lowest BCUT2D eigenvalue weighted by molar-refractivity contribution is 0.292. The minimum atomic E-state index is 0.344. The Hall–Kier alpha value is -1.69. The Balaban J connectivity index is 2.38. The van der Waals surface area contributed by atoms with Crippen molar-refractivity contribution in [1.82, 2.24) is 15.0 Å². The quantitative estimate of drug-likeness (QED) is 0.916. The first-order valence-electron chi connectivity index (χ1n) is 6.05. The first kappa shape index (κ1) is 13.7. The summed E-state index contributed by atoms with van der Waals surface area (Å²) >= 11 is 3.44. The van der Waals surface area contributed by atoms with E-state index in [1.165, 1.54) is 0 Å². The number of anilines is 1. The minimum absolute atomic E-state index is 0.344. The number of benzene rings is 1. The SMILES string of the molecule is CCCOc1nc(NC)nc(-c2cccc(Br)c2)n1. The van der Waals surface area contributed by atoms with Gasteiger partial charge in [-0.1, -0.05) is 35.0 Å². The molecule has 1 heterocycles. The Morgan fingerprint density at radius 1 is 1.26 bits per heavy atom. The van der Waals surface area contributed by atoms with Crippen LogP contribution in [0.2, 0.25) is 0 Å². The Bertz CT molecular complexity index is 562. The number of nitrogens with one attached hydrogen (secondary N) is 1. The summed E-state index contributed by atoms with van der Waals surface area (Å²) in [6.45, 7) is 2.63. The highest BCUT2D eigenvalue weighted by Crippen LogP contribution is 2.22. The van der Waals surface area contributed by atoms with Gasteiger partial charge in [0, 0.05) is 17.1 Å². The summed E-state index contributed by atoms with van der Waals surface area (Å²) in [5, 5.41) is 2.91. The van der Waals surface area contributed by atoms with E-state index in [9.17, 15) is 0 Å². The number of hydrogen-bond acceptors (Lipinski definition) is 5. The molecule has 0 aliphatic heterocycles. The molecule has 0 bridgehead atoms. The van der Waals surface area contributed by atoms with Gasteiger partial charge in [0.1, 0.15) is 0 Å². The van der Waals surface area contributed by atoms with Crippen LogP contribution in [0.25, 0.3) is 11.4 Å². The summed E-state index contributed by atoms with van der Waals surface area (Å²) in [4.78, 5) is 12.8. The van der Waals surface area contributed by atoms with Gasteiger partial charge in [0.25, 0.3) is 0 Å². The Kier molecular flexibility index (Phi) is 4.68. The van der Waals surface area contributed by atoms with Gasteiger partial charge in [-0.15, -0.1) is 0 Å². The predicted molar refractivity (Wildman–Crippen MR) is 78.3 cm³/mol. The second-order valence-electron chi connectivity index (χ2n) is 3.87. The van der Waals surface area contributed by atoms with E-state index in [4.69, 9.17) is 4.74 Å². The van der Waals surface area contributed by atoms with E-state index in [2.05, 4.69) is 36.2 Å². The summed E-state index contributed by atoms with van der Waals surface area (Å²) in [6, 6.07) is 8.14. The molecule has 0 saturated heterocycles. The molecule has 1 aromatic carbocycles. The van der Waals surface area contributed by atoms with Gasteiger partial charge >= 0.3 is 6.01 Å². The topological polar surface area (TPSA) is 59.9 Å². The lowest BCUT2D eigenvalue weighted by atomic mass is 10.2. The van der Waals surface area contributed by atoms with Crippen molar-refractivity contribution in [2.75, 3.05) is 19.0 Å². The van der Waals surface area contributed by atoms with Crippen LogP contribution in [0.4, 0.5) is 5.95 Å². The molecular weight excluding hydrogens is 308 g/mol. The molecule has 1 N–H and O–H groups in total. The number of rotatable bonds is 5. The molecule has 6 heteroatoms. The van der Waals surface area contributed by atoms with E-state index < -0.39 is 0 Å². The van der Waals surface area contributed by atoms with Crippen molar-refractivity contribution in [3.8, 4) is 17.4 Å². The smallest absolute Gasteiger partial charge is 0.321 e. The minimum Gasteiger partial charge on any atom is -0.463 e. The van der Waals surface area contributed by atoms with Crippen molar-refractivity contribution in [3.05, 3.63) is 28.7 Å². The van der Waals surface area contributed by atoms with Gasteiger partial charge < -0.3 is 10.1 Å². The molecule has 100 valence electrons. The fraction of sp³-hybridized carbons (Fsp3) is 0.308. The molecule has 1 aromatic heterocycles. The van der Waals surface area contributed by atoms with Crippen LogP contribution in [0.5, 0.6) is 6.01 Å². The van der Waals surface area contributed by atoms with Crippen molar-refractivity contribution in [2.45, 2.75) is 13.3 Å². The molecule has 2 aromatic rings. The molecule has 0 aliphatic rings. The van der Waals surface area contributed by atoms with Gasteiger partial charge in [0.05, 0.1) is 6.61 Å². The molecule has 0 spiro atoms. The molecule has 0 fully saturated rings. The lowest BCUT2D eigenvalue weighted by Crippen LogP contribution is -2.06. The van der Waals surface area contributed by atoms with Crippen LogP contribution in [0, 0.1) is 0 Å². The zero-order chi connectivity index (χ0) is 13.7. The second kappa shape index (κ2) is 6.47. The molecular formula is C13H15BrN4O. The summed E-state index contributed by atoms with van der Waals surface area (Å²) in [5.74, 6) is 1.09. The predicted octanol–water partition coefficient (Wildman–Crippen LogP) is 3.13. The van der Waals surface area contributed by atoms with Gasteiger partial charge in [-0.3, -0.25) is 0 Å². The van der Waals surface area contributed by atoms with Crippen molar-refractivity contribution in [2.24, 2.45) is 0 Å². The van der Waals surface area contributed by atoms with Crippen LogP contribution in [0.3, 0.4) is 0 Å². The fourth-order valence-corrected chi connectivity index (χ4v) is 1.88. The van der Waals surface area contributed by atoms with E-state index in [0.29, 0.717) is 24.4 Å². The van der Waals surface area contributed by atoms with Gasteiger partial charge in [-0.25, -0.2) is 0 Å². The third-order valence-corrected chi connectivity index (χ3v) is 2.85. The number of aromatic nitrogens is 3. The van der Waals surface area contributed by atoms with Crippen LogP contribution in [0.1, 0.15) is 13.3 Å². The summed E-state index contributed by atoms with van der Waals surface area (Å²) < 4.78 is 6.46. The zero-order valence-electron chi connectivity index (χ0n) is 10.9. The highest BCUT2D eigenvalue weighted by atomic mass is 79.9. The third-order valence-electron chi connectivity index (χ3n) is 2.36. The first-order valence-corrected chi connectivity index (χ1v) is 6.84.